The van der Waals surface area contributed by atoms with E-state index >= 15 is 0 Å². The highest BCUT2D eigenvalue weighted by atomic mass is 16.4. The van der Waals surface area contributed by atoms with Gasteiger partial charge in [-0.15, -0.1) is 0 Å². The van der Waals surface area contributed by atoms with Crippen LogP contribution in [0.1, 0.15) is 48.6 Å². The Labute approximate surface area is 107 Å². The minimum absolute atomic E-state index is 0.0552. The Balaban J connectivity index is 1.95. The van der Waals surface area contributed by atoms with E-state index in [9.17, 15) is 4.79 Å². The third kappa shape index (κ3) is 2.58. The molecule has 4 nitrogen and oxygen atoms in total. The summed E-state index contributed by atoms with van der Waals surface area (Å²) in [6.45, 7) is 6.92. The number of hydrogen-bond donors (Lipinski definition) is 2. The monoisotopic (exact) mass is 251 g/mol. The minimum atomic E-state index is -0.999. The van der Waals surface area contributed by atoms with Crippen LogP contribution in [0, 0.1) is 18.8 Å². The van der Waals surface area contributed by atoms with E-state index in [2.05, 4.69) is 19.2 Å². The van der Waals surface area contributed by atoms with E-state index in [1.807, 2.05) is 0 Å². The van der Waals surface area contributed by atoms with Crippen LogP contribution in [0.4, 0.5) is 0 Å². The average molecular weight is 251 g/mol. The number of furan rings is 1. The van der Waals surface area contributed by atoms with E-state index in [4.69, 9.17) is 9.52 Å². The number of hydrogen-bond acceptors (Lipinski definition) is 3. The second-order valence-electron chi connectivity index (χ2n) is 5.43. The first-order chi connectivity index (χ1) is 8.49. The van der Waals surface area contributed by atoms with Gasteiger partial charge < -0.3 is 14.8 Å². The van der Waals surface area contributed by atoms with Gasteiger partial charge in [0.2, 0.25) is 5.76 Å². The minimum Gasteiger partial charge on any atom is -0.475 e. The molecule has 1 aliphatic carbocycles. The molecule has 1 saturated carbocycles. The number of nitrogens with one attached hydrogen (secondary N) is 1. The van der Waals surface area contributed by atoms with Crippen LogP contribution in [-0.4, -0.2) is 17.1 Å². The van der Waals surface area contributed by atoms with Crippen molar-refractivity contribution in [1.82, 2.24) is 5.32 Å². The first-order valence-electron chi connectivity index (χ1n) is 6.55. The highest BCUT2D eigenvalue weighted by Gasteiger charge is 2.29. The molecule has 18 heavy (non-hydrogen) atoms. The van der Waals surface area contributed by atoms with Gasteiger partial charge in [0.25, 0.3) is 0 Å². The highest BCUT2D eigenvalue weighted by Crippen LogP contribution is 2.31. The van der Waals surface area contributed by atoms with E-state index in [1.165, 1.54) is 12.8 Å². The Morgan fingerprint density at radius 1 is 1.50 bits per heavy atom. The van der Waals surface area contributed by atoms with Crippen molar-refractivity contribution in [2.24, 2.45) is 11.8 Å². The maximum absolute atomic E-state index is 10.9. The SMILES string of the molecule is Cc1cc(CNC2CCC(C)C2C)oc1C(=O)O. The second-order valence-corrected chi connectivity index (χ2v) is 5.43. The summed E-state index contributed by atoms with van der Waals surface area (Å²) in [7, 11) is 0. The van der Waals surface area contributed by atoms with E-state index in [0.29, 0.717) is 29.8 Å². The van der Waals surface area contributed by atoms with Gasteiger partial charge in [0, 0.05) is 11.6 Å². The van der Waals surface area contributed by atoms with Crippen molar-refractivity contribution in [2.75, 3.05) is 0 Å². The summed E-state index contributed by atoms with van der Waals surface area (Å²) in [5, 5.41) is 12.4. The highest BCUT2D eigenvalue weighted by molar-refractivity contribution is 5.86. The Hall–Kier alpha value is -1.29. The summed E-state index contributed by atoms with van der Waals surface area (Å²) < 4.78 is 5.34. The zero-order chi connectivity index (χ0) is 13.3. The molecule has 1 fully saturated rings. The summed E-state index contributed by atoms with van der Waals surface area (Å²) in [5.74, 6) is 1.19. The Kier molecular flexibility index (Phi) is 3.76. The summed E-state index contributed by atoms with van der Waals surface area (Å²) in [6.07, 6.45) is 2.45. The predicted octanol–water partition coefficient (Wildman–Crippen LogP) is 2.81. The smallest absolute Gasteiger partial charge is 0.372 e. The molecule has 100 valence electrons. The Morgan fingerprint density at radius 2 is 2.22 bits per heavy atom. The van der Waals surface area contributed by atoms with Gasteiger partial charge in [-0.25, -0.2) is 4.79 Å². The fourth-order valence-electron chi connectivity index (χ4n) is 2.73. The second kappa shape index (κ2) is 5.14. The molecule has 0 aliphatic heterocycles. The lowest BCUT2D eigenvalue weighted by atomic mass is 9.98. The summed E-state index contributed by atoms with van der Waals surface area (Å²) in [4.78, 5) is 10.9. The standard InChI is InChI=1S/C14H21NO3/c1-8-4-5-12(10(8)3)15-7-11-6-9(2)13(18-11)14(16)17/h6,8,10,12,15H,4-5,7H2,1-3H3,(H,16,17). The summed E-state index contributed by atoms with van der Waals surface area (Å²) in [5.41, 5.74) is 0.687. The number of carbonyl (C=O) groups is 1. The van der Waals surface area contributed by atoms with Crippen molar-refractivity contribution in [1.29, 1.82) is 0 Å². The van der Waals surface area contributed by atoms with Gasteiger partial charge in [0.1, 0.15) is 5.76 Å². The third-order valence-electron chi connectivity index (χ3n) is 4.17. The quantitative estimate of drug-likeness (QED) is 0.863. The fraction of sp³-hybridized carbons (Fsp3) is 0.643. The topological polar surface area (TPSA) is 62.5 Å². The zero-order valence-corrected chi connectivity index (χ0v) is 11.2. The third-order valence-corrected chi connectivity index (χ3v) is 4.17. The van der Waals surface area contributed by atoms with E-state index < -0.39 is 5.97 Å². The van der Waals surface area contributed by atoms with Gasteiger partial charge in [-0.2, -0.15) is 0 Å². The molecule has 1 aliphatic rings. The molecule has 1 aromatic rings. The van der Waals surface area contributed by atoms with Gasteiger partial charge in [-0.1, -0.05) is 13.8 Å². The normalized spacial score (nSPS) is 27.6. The van der Waals surface area contributed by atoms with Crippen molar-refractivity contribution in [2.45, 2.75) is 46.2 Å². The van der Waals surface area contributed by atoms with Crippen molar-refractivity contribution >= 4 is 5.97 Å². The molecule has 3 unspecified atom stereocenters. The molecule has 3 atom stereocenters. The van der Waals surface area contributed by atoms with Crippen LogP contribution in [-0.2, 0) is 6.54 Å². The number of carboxylic acids is 1. The molecule has 0 aromatic carbocycles. The molecular weight excluding hydrogens is 230 g/mol. The van der Waals surface area contributed by atoms with Crippen LogP contribution in [0.25, 0.3) is 0 Å². The first kappa shape index (κ1) is 13.1. The van der Waals surface area contributed by atoms with Crippen LogP contribution in [0.2, 0.25) is 0 Å². The predicted molar refractivity (Wildman–Crippen MR) is 68.6 cm³/mol. The molecule has 1 aromatic heterocycles. The fourth-order valence-corrected chi connectivity index (χ4v) is 2.73. The summed E-state index contributed by atoms with van der Waals surface area (Å²) in [6, 6.07) is 2.32. The maximum atomic E-state index is 10.9. The molecule has 2 N–H and O–H groups in total. The van der Waals surface area contributed by atoms with E-state index in [0.717, 1.165) is 5.92 Å². The number of aromatic carboxylic acids is 1. The van der Waals surface area contributed by atoms with Crippen molar-refractivity contribution in [3.05, 3.63) is 23.2 Å². The van der Waals surface area contributed by atoms with Crippen LogP contribution >= 0.6 is 0 Å². The van der Waals surface area contributed by atoms with Crippen LogP contribution in [0.3, 0.4) is 0 Å². The van der Waals surface area contributed by atoms with E-state index in [-0.39, 0.29) is 5.76 Å². The molecule has 4 heteroatoms. The lowest BCUT2D eigenvalue weighted by molar-refractivity contribution is 0.0659. The van der Waals surface area contributed by atoms with Gasteiger partial charge in [-0.05, 0) is 37.7 Å². The van der Waals surface area contributed by atoms with Crippen LogP contribution in [0.15, 0.2) is 10.5 Å². The van der Waals surface area contributed by atoms with Crippen molar-refractivity contribution < 1.29 is 14.3 Å². The molecule has 0 amide bonds. The van der Waals surface area contributed by atoms with Crippen molar-refractivity contribution in [3.8, 4) is 0 Å². The largest absolute Gasteiger partial charge is 0.475 e. The molecule has 0 bridgehead atoms. The Bertz CT molecular complexity index is 438. The molecule has 2 rings (SSSR count). The molecular formula is C14H21NO3. The van der Waals surface area contributed by atoms with Gasteiger partial charge in [0.15, 0.2) is 0 Å². The number of rotatable bonds is 4. The van der Waals surface area contributed by atoms with E-state index in [1.54, 1.807) is 13.0 Å². The number of carboxylic acid groups (broad SMARTS) is 1. The van der Waals surface area contributed by atoms with Crippen molar-refractivity contribution in [3.63, 3.8) is 0 Å². The average Bonchev–Trinajstić information content (AvgIpc) is 2.82. The lowest BCUT2D eigenvalue weighted by Crippen LogP contribution is -2.31. The lowest BCUT2D eigenvalue weighted by Gasteiger charge is -2.18. The van der Waals surface area contributed by atoms with Gasteiger partial charge in [-0.3, -0.25) is 0 Å². The molecule has 1 heterocycles. The van der Waals surface area contributed by atoms with Crippen LogP contribution in [0.5, 0.6) is 0 Å². The number of aryl methyl sites for hydroxylation is 1. The molecule has 0 spiro atoms. The van der Waals surface area contributed by atoms with Gasteiger partial charge in [0.05, 0.1) is 6.54 Å². The molecule has 0 saturated heterocycles. The van der Waals surface area contributed by atoms with Gasteiger partial charge >= 0.3 is 5.97 Å². The maximum Gasteiger partial charge on any atom is 0.372 e. The Morgan fingerprint density at radius 3 is 2.72 bits per heavy atom. The van der Waals surface area contributed by atoms with Crippen LogP contribution < -0.4 is 5.32 Å². The zero-order valence-electron chi connectivity index (χ0n) is 11.2. The molecule has 0 radical (unpaired) electrons. The first-order valence-corrected chi connectivity index (χ1v) is 6.55. The summed E-state index contributed by atoms with van der Waals surface area (Å²) >= 11 is 0.